The average Bonchev–Trinajstić information content (AvgIpc) is 2.17. The molecule has 0 aliphatic rings. The third-order valence-corrected chi connectivity index (χ3v) is 2.15. The molecule has 1 aromatic rings. The lowest BCUT2D eigenvalue weighted by atomic mass is 10.1. The van der Waals surface area contributed by atoms with Crippen molar-refractivity contribution in [1.29, 1.82) is 0 Å². The average molecular weight is 244 g/mol. The van der Waals surface area contributed by atoms with Gasteiger partial charge in [-0.2, -0.15) is 0 Å². The summed E-state index contributed by atoms with van der Waals surface area (Å²) in [4.78, 5) is 10.9. The lowest BCUT2D eigenvalue weighted by Crippen LogP contribution is -2.05. The van der Waals surface area contributed by atoms with Crippen LogP contribution in [0, 0.1) is 0 Å². The molecule has 1 atom stereocenters. The summed E-state index contributed by atoms with van der Waals surface area (Å²) in [7, 11) is 1.35. The summed E-state index contributed by atoms with van der Waals surface area (Å²) < 4.78 is 4.58. The molecule has 1 rings (SSSR count). The highest BCUT2D eigenvalue weighted by atomic mass is 79.9. The predicted octanol–water partition coefficient (Wildman–Crippen LogP) is 1.83. The van der Waals surface area contributed by atoms with Gasteiger partial charge in [0.1, 0.15) is 0 Å². The number of carbonyl (C=O) groups is 1. The number of halogens is 1. The highest BCUT2D eigenvalue weighted by Crippen LogP contribution is 2.17. The van der Waals surface area contributed by atoms with E-state index in [1.54, 1.807) is 18.2 Å². The van der Waals surface area contributed by atoms with Gasteiger partial charge in [-0.25, -0.2) is 4.79 Å². The molecule has 0 amide bonds. The van der Waals surface area contributed by atoms with Crippen LogP contribution in [0.3, 0.4) is 0 Å². The summed E-state index contributed by atoms with van der Waals surface area (Å²) >= 11 is 3.21. The van der Waals surface area contributed by atoms with Crippen molar-refractivity contribution in [3.8, 4) is 0 Å². The largest absolute Gasteiger partial charge is 0.465 e. The summed E-state index contributed by atoms with van der Waals surface area (Å²) in [5, 5.41) is 0. The van der Waals surface area contributed by atoms with Gasteiger partial charge >= 0.3 is 5.97 Å². The van der Waals surface area contributed by atoms with Gasteiger partial charge in [-0.1, -0.05) is 28.1 Å². The van der Waals surface area contributed by atoms with Crippen LogP contribution in [0.25, 0.3) is 0 Å². The van der Waals surface area contributed by atoms with Crippen LogP contribution in [-0.2, 0) is 4.74 Å². The van der Waals surface area contributed by atoms with E-state index in [2.05, 4.69) is 20.7 Å². The summed E-state index contributed by atoms with van der Waals surface area (Å²) in [5.41, 5.74) is 6.95. The Balaban J connectivity index is 2.98. The molecule has 0 aliphatic carbocycles. The fraction of sp³-hybridized carbons (Fsp3) is 0.222. The van der Waals surface area contributed by atoms with Crippen LogP contribution in [0.15, 0.2) is 24.3 Å². The smallest absolute Gasteiger partial charge is 0.337 e. The molecule has 0 fully saturated rings. The van der Waals surface area contributed by atoms with Gasteiger partial charge in [0.2, 0.25) is 0 Å². The second-order valence-electron chi connectivity index (χ2n) is 2.52. The van der Waals surface area contributed by atoms with Gasteiger partial charge in [0.15, 0.2) is 0 Å². The van der Waals surface area contributed by atoms with Crippen LogP contribution >= 0.6 is 15.9 Å². The summed E-state index contributed by atoms with van der Waals surface area (Å²) in [6, 6.07) is 6.99. The minimum Gasteiger partial charge on any atom is -0.465 e. The van der Waals surface area contributed by atoms with Crippen molar-refractivity contribution in [3.63, 3.8) is 0 Å². The molecule has 0 radical (unpaired) electrons. The molecule has 0 saturated heterocycles. The van der Waals surface area contributed by atoms with Crippen LogP contribution < -0.4 is 5.73 Å². The first-order valence-electron chi connectivity index (χ1n) is 3.73. The number of esters is 1. The van der Waals surface area contributed by atoms with Gasteiger partial charge in [-0.3, -0.25) is 0 Å². The maximum Gasteiger partial charge on any atom is 0.337 e. The zero-order valence-electron chi connectivity index (χ0n) is 7.16. The van der Waals surface area contributed by atoms with Crippen molar-refractivity contribution in [3.05, 3.63) is 35.4 Å². The van der Waals surface area contributed by atoms with Gasteiger partial charge in [0.05, 0.1) is 17.6 Å². The first kappa shape index (κ1) is 10.2. The Labute approximate surface area is 85.0 Å². The fourth-order valence-electron chi connectivity index (χ4n) is 0.955. The van der Waals surface area contributed by atoms with Gasteiger partial charge in [0.25, 0.3) is 0 Å². The van der Waals surface area contributed by atoms with Crippen molar-refractivity contribution < 1.29 is 9.53 Å². The molecule has 0 aliphatic heterocycles. The standard InChI is InChI=1S/C9H10BrNO2/c1-13-9(12)7-4-2-3-6(5-7)8(10)11/h2-5,8H,11H2,1H3. The van der Waals surface area contributed by atoms with Gasteiger partial charge in [-0.05, 0) is 17.7 Å². The number of ether oxygens (including phenoxy) is 1. The molecular formula is C9H10BrNO2. The monoisotopic (exact) mass is 243 g/mol. The summed E-state index contributed by atoms with van der Waals surface area (Å²) in [6.07, 6.45) is 0. The van der Waals surface area contributed by atoms with Crippen LogP contribution in [0.5, 0.6) is 0 Å². The Morgan fingerprint density at radius 2 is 2.31 bits per heavy atom. The highest BCUT2D eigenvalue weighted by Gasteiger charge is 2.07. The number of alkyl halides is 1. The quantitative estimate of drug-likeness (QED) is 0.490. The number of hydrogen-bond donors (Lipinski definition) is 1. The molecule has 1 unspecified atom stereocenters. The zero-order valence-corrected chi connectivity index (χ0v) is 8.74. The van der Waals surface area contributed by atoms with Crippen molar-refractivity contribution >= 4 is 21.9 Å². The first-order valence-corrected chi connectivity index (χ1v) is 4.64. The number of nitrogens with two attached hydrogens (primary N) is 1. The van der Waals surface area contributed by atoms with Crippen LogP contribution in [-0.4, -0.2) is 13.1 Å². The van der Waals surface area contributed by atoms with Crippen molar-refractivity contribution in [2.45, 2.75) is 4.95 Å². The Bertz CT molecular complexity index is 312. The van der Waals surface area contributed by atoms with Crippen LogP contribution in [0.1, 0.15) is 20.9 Å². The Hall–Kier alpha value is -0.870. The van der Waals surface area contributed by atoms with Gasteiger partial charge < -0.3 is 10.5 Å². The predicted molar refractivity (Wildman–Crippen MR) is 53.6 cm³/mol. The number of benzene rings is 1. The molecule has 3 nitrogen and oxygen atoms in total. The Morgan fingerprint density at radius 1 is 1.62 bits per heavy atom. The maximum absolute atomic E-state index is 11.1. The van der Waals surface area contributed by atoms with Crippen molar-refractivity contribution in [2.75, 3.05) is 7.11 Å². The van der Waals surface area contributed by atoms with E-state index in [-0.39, 0.29) is 10.9 Å². The van der Waals surface area contributed by atoms with E-state index in [0.29, 0.717) is 5.56 Å². The lowest BCUT2D eigenvalue weighted by Gasteiger charge is -2.05. The molecule has 13 heavy (non-hydrogen) atoms. The lowest BCUT2D eigenvalue weighted by molar-refractivity contribution is 0.0600. The minimum atomic E-state index is -0.352. The van der Waals surface area contributed by atoms with Crippen molar-refractivity contribution in [2.24, 2.45) is 5.73 Å². The first-order chi connectivity index (χ1) is 6.15. The maximum atomic E-state index is 11.1. The van der Waals surface area contributed by atoms with Gasteiger partial charge in [0, 0.05) is 0 Å². The van der Waals surface area contributed by atoms with Gasteiger partial charge in [-0.15, -0.1) is 0 Å². The number of rotatable bonds is 2. The zero-order chi connectivity index (χ0) is 9.84. The number of hydrogen-bond acceptors (Lipinski definition) is 3. The Kier molecular flexibility index (Phi) is 3.45. The van der Waals surface area contributed by atoms with E-state index >= 15 is 0 Å². The molecule has 0 spiro atoms. The Morgan fingerprint density at radius 3 is 2.85 bits per heavy atom. The molecule has 70 valence electrons. The summed E-state index contributed by atoms with van der Waals surface area (Å²) in [6.45, 7) is 0. The normalized spacial score (nSPS) is 12.2. The molecule has 0 saturated carbocycles. The highest BCUT2D eigenvalue weighted by molar-refractivity contribution is 9.09. The summed E-state index contributed by atoms with van der Waals surface area (Å²) in [5.74, 6) is -0.352. The van der Waals surface area contributed by atoms with E-state index in [4.69, 9.17) is 5.73 Å². The van der Waals surface area contributed by atoms with E-state index in [9.17, 15) is 4.79 Å². The second-order valence-corrected chi connectivity index (χ2v) is 3.51. The van der Waals surface area contributed by atoms with Crippen LogP contribution in [0.2, 0.25) is 0 Å². The molecule has 2 N–H and O–H groups in total. The fourth-order valence-corrected chi connectivity index (χ4v) is 1.24. The molecule has 0 bridgehead atoms. The molecule has 0 aromatic heterocycles. The van der Waals surface area contributed by atoms with E-state index in [1.807, 2.05) is 6.07 Å². The van der Waals surface area contributed by atoms with Crippen LogP contribution in [0.4, 0.5) is 0 Å². The van der Waals surface area contributed by atoms with Crippen molar-refractivity contribution in [1.82, 2.24) is 0 Å². The number of carbonyl (C=O) groups excluding carboxylic acids is 1. The topological polar surface area (TPSA) is 52.3 Å². The SMILES string of the molecule is COC(=O)c1cccc(C(N)Br)c1. The molecule has 1 aromatic carbocycles. The molecule has 4 heteroatoms. The molecule has 0 heterocycles. The minimum absolute atomic E-state index is 0.253. The number of methoxy groups -OCH3 is 1. The third kappa shape index (κ3) is 2.54. The van der Waals surface area contributed by atoms with E-state index in [1.165, 1.54) is 7.11 Å². The van der Waals surface area contributed by atoms with E-state index < -0.39 is 0 Å². The molecular weight excluding hydrogens is 234 g/mol. The third-order valence-electron chi connectivity index (χ3n) is 1.63. The van der Waals surface area contributed by atoms with E-state index in [0.717, 1.165) is 5.56 Å². The second kappa shape index (κ2) is 4.39.